The summed E-state index contributed by atoms with van der Waals surface area (Å²) in [6, 6.07) is 15.2. The van der Waals surface area contributed by atoms with Crippen LogP contribution in [-0.4, -0.2) is 31.1 Å². The van der Waals surface area contributed by atoms with Gasteiger partial charge in [-0.15, -0.1) is 6.58 Å². The Kier molecular flexibility index (Phi) is 6.90. The Morgan fingerprint density at radius 2 is 1.97 bits per heavy atom. The number of esters is 1. The van der Waals surface area contributed by atoms with E-state index in [2.05, 4.69) is 6.58 Å². The summed E-state index contributed by atoms with van der Waals surface area (Å²) in [5.74, 6) is -0.586. The number of carbonyl (C=O) groups excluding carboxylic acids is 1. The Morgan fingerprint density at radius 1 is 1.21 bits per heavy atom. The number of rotatable bonds is 8. The molecule has 1 fully saturated rings. The van der Waals surface area contributed by atoms with E-state index in [1.165, 1.54) is 6.08 Å². The van der Waals surface area contributed by atoms with Crippen LogP contribution in [0.2, 0.25) is 0 Å². The maximum Gasteiger partial charge on any atom is 0.312 e. The van der Waals surface area contributed by atoms with Crippen LogP contribution in [0.5, 0.6) is 11.5 Å². The Morgan fingerprint density at radius 3 is 2.62 bits per heavy atom. The number of aliphatic hydroxyl groups is 1. The van der Waals surface area contributed by atoms with Gasteiger partial charge in [0.1, 0.15) is 6.61 Å². The van der Waals surface area contributed by atoms with Crippen LogP contribution in [0.15, 0.2) is 61.2 Å². The van der Waals surface area contributed by atoms with Gasteiger partial charge in [0.2, 0.25) is 0 Å². The first-order chi connectivity index (χ1) is 14.1. The molecule has 0 amide bonds. The number of hydrogen-bond acceptors (Lipinski definition) is 6. The van der Waals surface area contributed by atoms with Crippen molar-refractivity contribution in [2.45, 2.75) is 25.9 Å². The second kappa shape index (κ2) is 9.58. The third kappa shape index (κ3) is 4.60. The molecule has 0 spiro atoms. The van der Waals surface area contributed by atoms with Crippen LogP contribution in [-0.2, 0) is 20.9 Å². The molecule has 0 radical (unpaired) electrons. The minimum Gasteiger partial charge on any atom is -0.493 e. The Balaban J connectivity index is 1.83. The molecule has 0 saturated carbocycles. The predicted octanol–water partition coefficient (Wildman–Crippen LogP) is 3.65. The van der Waals surface area contributed by atoms with Crippen molar-refractivity contribution in [3.05, 3.63) is 72.3 Å². The normalized spacial score (nSPS) is 23.4. The lowest BCUT2D eigenvalue weighted by Gasteiger charge is -2.20. The zero-order valence-electron chi connectivity index (χ0n) is 16.6. The number of aliphatic hydroxyl groups excluding tert-OH is 1. The summed E-state index contributed by atoms with van der Waals surface area (Å²) in [6.45, 7) is 6.11. The van der Waals surface area contributed by atoms with E-state index in [-0.39, 0.29) is 6.61 Å². The van der Waals surface area contributed by atoms with E-state index in [0.29, 0.717) is 23.7 Å². The summed E-state index contributed by atoms with van der Waals surface area (Å²) in [6.07, 6.45) is -0.281. The monoisotopic (exact) mass is 398 g/mol. The standard InChI is InChI=1S/C23H26O6/c1-4-17-20(23(25)27-5-2)21(29-22(17)24)16-11-12-18(19(13-16)26-3)28-14-15-9-7-6-8-10-15/h4,6-13,17,20-22,24H,1,5,14H2,2-3H3/t17-,20-,21+,22+/m1/s1. The van der Waals surface area contributed by atoms with E-state index in [0.717, 1.165) is 5.56 Å². The van der Waals surface area contributed by atoms with Crippen LogP contribution in [0, 0.1) is 11.8 Å². The summed E-state index contributed by atoms with van der Waals surface area (Å²) in [5.41, 5.74) is 1.73. The zero-order chi connectivity index (χ0) is 20.8. The van der Waals surface area contributed by atoms with Crippen LogP contribution in [0.1, 0.15) is 24.2 Å². The van der Waals surface area contributed by atoms with E-state index in [1.807, 2.05) is 30.3 Å². The topological polar surface area (TPSA) is 74.2 Å². The van der Waals surface area contributed by atoms with Gasteiger partial charge in [-0.1, -0.05) is 42.5 Å². The van der Waals surface area contributed by atoms with Gasteiger partial charge < -0.3 is 24.1 Å². The molecule has 1 aliphatic rings. The summed E-state index contributed by atoms with van der Waals surface area (Å²) in [7, 11) is 1.55. The Labute approximate surface area is 170 Å². The van der Waals surface area contributed by atoms with Gasteiger partial charge in [-0.3, -0.25) is 4.79 Å². The van der Waals surface area contributed by atoms with Gasteiger partial charge in [-0.2, -0.15) is 0 Å². The van der Waals surface area contributed by atoms with Crippen LogP contribution < -0.4 is 9.47 Å². The Bertz CT molecular complexity index is 835. The number of methoxy groups -OCH3 is 1. The minimum atomic E-state index is -1.13. The first kappa shape index (κ1) is 20.9. The molecule has 1 saturated heterocycles. The van der Waals surface area contributed by atoms with E-state index in [1.54, 1.807) is 32.2 Å². The van der Waals surface area contributed by atoms with Crippen molar-refractivity contribution in [3.8, 4) is 11.5 Å². The molecule has 6 heteroatoms. The van der Waals surface area contributed by atoms with Gasteiger partial charge in [0.25, 0.3) is 0 Å². The first-order valence-corrected chi connectivity index (χ1v) is 9.56. The fraction of sp³-hybridized carbons (Fsp3) is 0.348. The number of carbonyl (C=O) groups is 1. The molecule has 0 bridgehead atoms. The molecular formula is C23H26O6. The third-order valence-electron chi connectivity index (χ3n) is 4.94. The first-order valence-electron chi connectivity index (χ1n) is 9.56. The van der Waals surface area contributed by atoms with E-state index in [9.17, 15) is 9.90 Å². The van der Waals surface area contributed by atoms with Crippen molar-refractivity contribution in [1.29, 1.82) is 0 Å². The lowest BCUT2D eigenvalue weighted by atomic mass is 9.86. The van der Waals surface area contributed by atoms with Crippen molar-refractivity contribution >= 4 is 5.97 Å². The van der Waals surface area contributed by atoms with Gasteiger partial charge in [-0.25, -0.2) is 0 Å². The summed E-state index contributed by atoms with van der Waals surface area (Å²) >= 11 is 0. The number of benzene rings is 2. The Hall–Kier alpha value is -2.83. The van der Waals surface area contributed by atoms with Gasteiger partial charge in [0.05, 0.1) is 25.7 Å². The summed E-state index contributed by atoms with van der Waals surface area (Å²) < 4.78 is 22.2. The minimum absolute atomic E-state index is 0.248. The quantitative estimate of drug-likeness (QED) is 0.541. The molecular weight excluding hydrogens is 372 g/mol. The molecule has 154 valence electrons. The number of hydrogen-bond donors (Lipinski definition) is 1. The molecule has 2 aromatic carbocycles. The molecule has 6 nitrogen and oxygen atoms in total. The van der Waals surface area contributed by atoms with Gasteiger partial charge in [0, 0.05) is 5.92 Å². The molecule has 0 aliphatic carbocycles. The van der Waals surface area contributed by atoms with Crippen LogP contribution in [0.4, 0.5) is 0 Å². The average molecular weight is 398 g/mol. The molecule has 3 rings (SSSR count). The highest BCUT2D eigenvalue weighted by Gasteiger charge is 2.48. The zero-order valence-corrected chi connectivity index (χ0v) is 16.6. The van der Waals surface area contributed by atoms with Gasteiger partial charge >= 0.3 is 5.97 Å². The van der Waals surface area contributed by atoms with Crippen molar-refractivity contribution in [2.75, 3.05) is 13.7 Å². The highest BCUT2D eigenvalue weighted by molar-refractivity contribution is 5.74. The highest BCUT2D eigenvalue weighted by atomic mass is 16.6. The largest absolute Gasteiger partial charge is 0.493 e. The van der Waals surface area contributed by atoms with Crippen LogP contribution >= 0.6 is 0 Å². The van der Waals surface area contributed by atoms with Crippen molar-refractivity contribution in [2.24, 2.45) is 11.8 Å². The van der Waals surface area contributed by atoms with E-state index >= 15 is 0 Å². The highest BCUT2D eigenvalue weighted by Crippen LogP contribution is 2.44. The van der Waals surface area contributed by atoms with Gasteiger partial charge in [-0.05, 0) is 30.2 Å². The van der Waals surface area contributed by atoms with Crippen molar-refractivity contribution in [1.82, 2.24) is 0 Å². The average Bonchev–Trinajstić information content (AvgIpc) is 3.09. The van der Waals surface area contributed by atoms with E-state index in [4.69, 9.17) is 18.9 Å². The maximum atomic E-state index is 12.5. The van der Waals surface area contributed by atoms with E-state index < -0.39 is 30.2 Å². The summed E-state index contributed by atoms with van der Waals surface area (Å²) in [5, 5.41) is 10.2. The third-order valence-corrected chi connectivity index (χ3v) is 4.94. The van der Waals surface area contributed by atoms with Crippen LogP contribution in [0.3, 0.4) is 0 Å². The predicted molar refractivity (Wildman–Crippen MR) is 107 cm³/mol. The fourth-order valence-electron chi connectivity index (χ4n) is 3.49. The number of ether oxygens (including phenoxy) is 4. The lowest BCUT2D eigenvalue weighted by Crippen LogP contribution is -2.27. The van der Waals surface area contributed by atoms with Gasteiger partial charge in [0.15, 0.2) is 17.8 Å². The molecule has 2 aromatic rings. The maximum absolute atomic E-state index is 12.5. The molecule has 0 aromatic heterocycles. The molecule has 29 heavy (non-hydrogen) atoms. The lowest BCUT2D eigenvalue weighted by molar-refractivity contribution is -0.151. The molecule has 1 aliphatic heterocycles. The van der Waals surface area contributed by atoms with Crippen molar-refractivity contribution in [3.63, 3.8) is 0 Å². The summed E-state index contributed by atoms with van der Waals surface area (Å²) in [4.78, 5) is 12.5. The smallest absolute Gasteiger partial charge is 0.312 e. The second-order valence-corrected chi connectivity index (χ2v) is 6.72. The van der Waals surface area contributed by atoms with Crippen molar-refractivity contribution < 1.29 is 28.8 Å². The molecule has 1 N–H and O–H groups in total. The second-order valence-electron chi connectivity index (χ2n) is 6.72. The molecule has 0 unspecified atom stereocenters. The molecule has 1 heterocycles. The van der Waals surface area contributed by atoms with Crippen LogP contribution in [0.25, 0.3) is 0 Å². The fourth-order valence-corrected chi connectivity index (χ4v) is 3.49. The molecule has 4 atom stereocenters. The SMILES string of the molecule is C=C[C@@H]1[C@@H](C(=O)OCC)[C@H](c2ccc(OCc3ccccc3)c(OC)c2)O[C@@H]1O.